The number of amides is 2. The van der Waals surface area contributed by atoms with Crippen LogP contribution in [0.15, 0.2) is 24.3 Å². The Morgan fingerprint density at radius 1 is 1.13 bits per heavy atom. The number of carbonyl (C=O) groups excluding carboxylic acids is 2. The van der Waals surface area contributed by atoms with E-state index in [-0.39, 0.29) is 11.3 Å². The number of nitrogens with zero attached hydrogens (tertiary/aromatic N) is 2. The second kappa shape index (κ2) is 9.09. The fourth-order valence-corrected chi connectivity index (χ4v) is 6.15. The van der Waals surface area contributed by atoms with E-state index in [2.05, 4.69) is 48.3 Å². The number of piperidine rings is 1. The molecule has 5 heteroatoms. The minimum Gasteiger partial charge on any atom is -0.357 e. The molecule has 1 aromatic carbocycles. The molecule has 0 atom stereocenters. The number of benzene rings is 1. The molecule has 4 rings (SSSR count). The van der Waals surface area contributed by atoms with E-state index in [4.69, 9.17) is 0 Å². The molecule has 0 radical (unpaired) electrons. The molecule has 0 unspecified atom stereocenters. The summed E-state index contributed by atoms with van der Waals surface area (Å²) >= 11 is 0. The average Bonchev–Trinajstić information content (AvgIpc) is 2.78. The number of fused-ring (bicyclic) bond motifs is 2. The molecule has 1 N–H and O–H groups in total. The van der Waals surface area contributed by atoms with Crippen LogP contribution in [0.1, 0.15) is 63.5 Å². The summed E-state index contributed by atoms with van der Waals surface area (Å²) in [5.74, 6) is 1.95. The zero-order valence-corrected chi connectivity index (χ0v) is 18.6. The van der Waals surface area contributed by atoms with Crippen LogP contribution in [0.4, 0.5) is 0 Å². The summed E-state index contributed by atoms with van der Waals surface area (Å²) < 4.78 is 0. The van der Waals surface area contributed by atoms with Gasteiger partial charge in [-0.1, -0.05) is 38.1 Å². The van der Waals surface area contributed by atoms with Crippen molar-refractivity contribution in [3.8, 4) is 0 Å². The molecule has 1 saturated carbocycles. The van der Waals surface area contributed by atoms with Gasteiger partial charge in [0.1, 0.15) is 0 Å². The average molecular weight is 412 g/mol. The lowest BCUT2D eigenvalue weighted by Crippen LogP contribution is -2.58. The second-order valence-electron chi connectivity index (χ2n) is 9.89. The smallest absolute Gasteiger partial charge is 0.233 e. The van der Waals surface area contributed by atoms with Gasteiger partial charge < -0.3 is 15.1 Å². The topological polar surface area (TPSA) is 52.7 Å². The van der Waals surface area contributed by atoms with E-state index < -0.39 is 0 Å². The van der Waals surface area contributed by atoms with Crippen LogP contribution in [-0.2, 0) is 21.5 Å². The van der Waals surface area contributed by atoms with E-state index >= 15 is 0 Å². The maximum Gasteiger partial charge on any atom is 0.233 e. The van der Waals surface area contributed by atoms with E-state index in [1.54, 1.807) is 0 Å². The predicted octanol–water partition coefficient (Wildman–Crippen LogP) is 3.32. The van der Waals surface area contributed by atoms with Gasteiger partial charge in [0.25, 0.3) is 0 Å². The Bertz CT molecular complexity index is 747. The molecule has 2 amide bonds. The van der Waals surface area contributed by atoms with Crippen molar-refractivity contribution in [3.63, 3.8) is 0 Å². The highest BCUT2D eigenvalue weighted by Crippen LogP contribution is 2.44. The Morgan fingerprint density at radius 2 is 1.83 bits per heavy atom. The number of hydrogen-bond donors (Lipinski definition) is 1. The van der Waals surface area contributed by atoms with E-state index in [0.29, 0.717) is 32.1 Å². The molecule has 1 aliphatic carbocycles. The molecular formula is C25H37N3O2. The van der Waals surface area contributed by atoms with E-state index in [9.17, 15) is 9.59 Å². The van der Waals surface area contributed by atoms with Gasteiger partial charge in [-0.15, -0.1) is 0 Å². The summed E-state index contributed by atoms with van der Waals surface area (Å²) in [6.07, 6.45) is 7.85. The minimum atomic E-state index is -0.387. The Kier molecular flexibility index (Phi) is 6.47. The van der Waals surface area contributed by atoms with Crippen LogP contribution in [0.25, 0.3) is 0 Å². The maximum absolute atomic E-state index is 13.7. The molecule has 5 nitrogen and oxygen atoms in total. The first-order valence-corrected chi connectivity index (χ1v) is 11.8. The molecule has 2 heterocycles. The first-order valence-electron chi connectivity index (χ1n) is 11.8. The first kappa shape index (κ1) is 21.4. The molecule has 1 spiro atoms. The van der Waals surface area contributed by atoms with Gasteiger partial charge in [0.2, 0.25) is 12.3 Å². The Balaban J connectivity index is 1.47. The highest BCUT2D eigenvalue weighted by atomic mass is 16.2. The van der Waals surface area contributed by atoms with Gasteiger partial charge in [-0.25, -0.2) is 0 Å². The number of nitrogens with one attached hydrogen (secondary N) is 1. The van der Waals surface area contributed by atoms with Crippen LogP contribution in [0.5, 0.6) is 0 Å². The van der Waals surface area contributed by atoms with Gasteiger partial charge in [-0.3, -0.25) is 9.59 Å². The van der Waals surface area contributed by atoms with E-state index in [0.717, 1.165) is 37.8 Å². The SMILES string of the molecule is CC(C)[C@H]1CC[C@@H](N2CCC3(CC2)C(=O)N(CCNC=O)Cc2ccccc23)CC1. The highest BCUT2D eigenvalue weighted by Gasteiger charge is 2.49. The van der Waals surface area contributed by atoms with Gasteiger partial charge in [0, 0.05) is 25.7 Å². The molecule has 2 aliphatic heterocycles. The molecule has 0 bridgehead atoms. The third kappa shape index (κ3) is 4.01. The third-order valence-electron chi connectivity index (χ3n) is 8.05. The van der Waals surface area contributed by atoms with Gasteiger partial charge in [0.05, 0.1) is 5.41 Å². The van der Waals surface area contributed by atoms with Crippen LogP contribution < -0.4 is 5.32 Å². The highest BCUT2D eigenvalue weighted by molar-refractivity contribution is 5.90. The number of hydrogen-bond acceptors (Lipinski definition) is 3. The zero-order chi connectivity index (χ0) is 21.1. The second-order valence-corrected chi connectivity index (χ2v) is 9.89. The van der Waals surface area contributed by atoms with Crippen molar-refractivity contribution in [1.82, 2.24) is 15.1 Å². The van der Waals surface area contributed by atoms with Crippen molar-refractivity contribution in [1.29, 1.82) is 0 Å². The normalized spacial score (nSPS) is 26.6. The molecule has 1 saturated heterocycles. The van der Waals surface area contributed by atoms with Gasteiger partial charge in [-0.05, 0) is 74.6 Å². The van der Waals surface area contributed by atoms with Crippen molar-refractivity contribution in [2.45, 2.75) is 70.4 Å². The Labute approximate surface area is 181 Å². The summed E-state index contributed by atoms with van der Waals surface area (Å²) in [6, 6.07) is 9.20. The molecule has 3 aliphatic rings. The van der Waals surface area contributed by atoms with Crippen LogP contribution in [0, 0.1) is 11.8 Å². The lowest BCUT2D eigenvalue weighted by molar-refractivity contribution is -0.142. The summed E-state index contributed by atoms with van der Waals surface area (Å²) in [6.45, 7) is 8.49. The summed E-state index contributed by atoms with van der Waals surface area (Å²) in [7, 11) is 0. The number of carbonyl (C=O) groups is 2. The Hall–Kier alpha value is -1.88. The maximum atomic E-state index is 13.7. The predicted molar refractivity (Wildman–Crippen MR) is 119 cm³/mol. The van der Waals surface area contributed by atoms with Crippen molar-refractivity contribution in [2.75, 3.05) is 26.2 Å². The quantitative estimate of drug-likeness (QED) is 0.577. The summed E-state index contributed by atoms with van der Waals surface area (Å²) in [5.41, 5.74) is 2.13. The molecule has 164 valence electrons. The standard InChI is InChI=1S/C25H37N3O2/c1-19(2)20-7-9-22(10-8-20)27-14-11-25(12-15-27)23-6-4-3-5-21(23)17-28(24(25)30)16-13-26-18-29/h3-6,18-20,22H,7-17H2,1-2H3,(H,26,29)/t20-,22+. The van der Waals surface area contributed by atoms with Crippen LogP contribution >= 0.6 is 0 Å². The number of rotatable bonds is 6. The lowest BCUT2D eigenvalue weighted by atomic mass is 9.67. The third-order valence-corrected chi connectivity index (χ3v) is 8.05. The fraction of sp³-hybridized carbons (Fsp3) is 0.680. The fourth-order valence-electron chi connectivity index (χ4n) is 6.15. The van der Waals surface area contributed by atoms with Crippen LogP contribution in [0.3, 0.4) is 0 Å². The summed E-state index contributed by atoms with van der Waals surface area (Å²) in [5, 5.41) is 2.71. The monoisotopic (exact) mass is 411 g/mol. The van der Waals surface area contributed by atoms with E-state index in [1.165, 1.54) is 36.8 Å². The molecule has 30 heavy (non-hydrogen) atoms. The molecule has 1 aromatic rings. The summed E-state index contributed by atoms with van der Waals surface area (Å²) in [4.78, 5) is 28.9. The minimum absolute atomic E-state index is 0.261. The van der Waals surface area contributed by atoms with Crippen molar-refractivity contribution >= 4 is 12.3 Å². The van der Waals surface area contributed by atoms with Crippen molar-refractivity contribution in [2.24, 2.45) is 11.8 Å². The largest absolute Gasteiger partial charge is 0.357 e. The van der Waals surface area contributed by atoms with E-state index in [1.807, 2.05) is 4.90 Å². The zero-order valence-electron chi connectivity index (χ0n) is 18.6. The molecular weight excluding hydrogens is 374 g/mol. The molecule has 2 fully saturated rings. The van der Waals surface area contributed by atoms with Crippen LogP contribution in [0.2, 0.25) is 0 Å². The first-order chi connectivity index (χ1) is 14.5. The molecule has 0 aromatic heterocycles. The van der Waals surface area contributed by atoms with Crippen molar-refractivity contribution in [3.05, 3.63) is 35.4 Å². The lowest BCUT2D eigenvalue weighted by Gasteiger charge is -2.49. The Morgan fingerprint density at radius 3 is 2.50 bits per heavy atom. The van der Waals surface area contributed by atoms with Gasteiger partial charge in [0.15, 0.2) is 0 Å². The van der Waals surface area contributed by atoms with Crippen LogP contribution in [-0.4, -0.2) is 54.3 Å². The van der Waals surface area contributed by atoms with Crippen molar-refractivity contribution < 1.29 is 9.59 Å². The van der Waals surface area contributed by atoms with Gasteiger partial charge >= 0.3 is 0 Å². The van der Waals surface area contributed by atoms with Gasteiger partial charge in [-0.2, -0.15) is 0 Å². The number of likely N-dealkylation sites (tertiary alicyclic amines) is 1.